The Kier molecular flexibility index (Phi) is 3.76. The van der Waals surface area contributed by atoms with Gasteiger partial charge in [0.1, 0.15) is 0 Å². The summed E-state index contributed by atoms with van der Waals surface area (Å²) in [5, 5.41) is 19.4. The van der Waals surface area contributed by atoms with E-state index in [0.29, 0.717) is 21.2 Å². The van der Waals surface area contributed by atoms with Crippen molar-refractivity contribution in [2.75, 3.05) is 0 Å². The van der Waals surface area contributed by atoms with Gasteiger partial charge >= 0.3 is 0 Å². The molecule has 0 unspecified atom stereocenters. The first-order valence-electron chi connectivity index (χ1n) is 4.95. The van der Waals surface area contributed by atoms with Gasteiger partial charge in [0.2, 0.25) is 0 Å². The first kappa shape index (κ1) is 13.2. The van der Waals surface area contributed by atoms with Crippen molar-refractivity contribution in [3.05, 3.63) is 44.2 Å². The van der Waals surface area contributed by atoms with Gasteiger partial charge in [-0.2, -0.15) is 0 Å². The Labute approximate surface area is 119 Å². The van der Waals surface area contributed by atoms with E-state index in [1.54, 1.807) is 19.2 Å². The first-order chi connectivity index (χ1) is 8.52. The maximum absolute atomic E-state index is 11.1. The molecule has 94 valence electrons. The van der Waals surface area contributed by atoms with Gasteiger partial charge in [-0.15, -0.1) is 5.10 Å². The lowest BCUT2D eigenvalue weighted by atomic mass is 10.2. The van der Waals surface area contributed by atoms with Crippen LogP contribution in [0.3, 0.4) is 0 Å². The van der Waals surface area contributed by atoms with Crippen molar-refractivity contribution in [3.63, 3.8) is 0 Å². The van der Waals surface area contributed by atoms with Gasteiger partial charge in [-0.1, -0.05) is 21.1 Å². The molecule has 0 atom stereocenters. The smallest absolute Gasteiger partial charge is 0.258 e. The lowest BCUT2D eigenvalue weighted by Crippen LogP contribution is -2.02. The quantitative estimate of drug-likeness (QED) is 0.469. The second-order valence-corrected chi connectivity index (χ2v) is 5.07. The van der Waals surface area contributed by atoms with Gasteiger partial charge in [-0.05, 0) is 34.5 Å². The summed E-state index contributed by atoms with van der Waals surface area (Å²) in [6.45, 7) is 1.80. The van der Waals surface area contributed by atoms with Gasteiger partial charge < -0.3 is 0 Å². The Morgan fingerprint density at radius 2 is 2.22 bits per heavy atom. The Balaban J connectivity index is 2.65. The molecule has 0 saturated carbocycles. The molecule has 0 radical (unpaired) electrons. The van der Waals surface area contributed by atoms with Crippen LogP contribution >= 0.6 is 31.9 Å². The van der Waals surface area contributed by atoms with E-state index in [2.05, 4.69) is 42.2 Å². The molecular formula is C10H8Br2N4O2. The summed E-state index contributed by atoms with van der Waals surface area (Å²) in [7, 11) is 0. The molecule has 2 rings (SSSR count). The summed E-state index contributed by atoms with van der Waals surface area (Å²) in [5.74, 6) is 0. The number of alkyl halides is 1. The molecule has 0 bridgehead atoms. The number of halogens is 2. The van der Waals surface area contributed by atoms with Gasteiger partial charge in [0.05, 0.1) is 21.3 Å². The average Bonchev–Trinajstić information content (AvgIpc) is 2.76. The van der Waals surface area contributed by atoms with Crippen molar-refractivity contribution in [2.24, 2.45) is 0 Å². The van der Waals surface area contributed by atoms with Crippen molar-refractivity contribution in [1.29, 1.82) is 0 Å². The zero-order chi connectivity index (χ0) is 13.3. The SMILES string of the molecule is Cc1cc(Br)c(-n2cc(CBr)nn2)c([N+](=O)[O-])c1. The second-order valence-electron chi connectivity index (χ2n) is 3.66. The van der Waals surface area contributed by atoms with Crippen LogP contribution in [-0.4, -0.2) is 19.9 Å². The number of hydrogen-bond acceptors (Lipinski definition) is 4. The summed E-state index contributed by atoms with van der Waals surface area (Å²) in [6.07, 6.45) is 1.65. The molecule has 1 heterocycles. The molecule has 0 saturated heterocycles. The Morgan fingerprint density at radius 3 is 2.78 bits per heavy atom. The van der Waals surface area contributed by atoms with Crippen LogP contribution in [0.1, 0.15) is 11.3 Å². The minimum absolute atomic E-state index is 0.00658. The van der Waals surface area contributed by atoms with Gasteiger partial charge in [0, 0.05) is 11.4 Å². The highest BCUT2D eigenvalue weighted by Gasteiger charge is 2.20. The molecule has 6 nitrogen and oxygen atoms in total. The van der Waals surface area contributed by atoms with Crippen molar-refractivity contribution in [3.8, 4) is 5.69 Å². The zero-order valence-corrected chi connectivity index (χ0v) is 12.5. The number of rotatable bonds is 3. The molecule has 2 aromatic rings. The van der Waals surface area contributed by atoms with Crippen LogP contribution in [0.4, 0.5) is 5.69 Å². The number of nitro benzene ring substituents is 1. The van der Waals surface area contributed by atoms with Crippen molar-refractivity contribution < 1.29 is 4.92 Å². The molecule has 8 heteroatoms. The molecule has 0 amide bonds. The summed E-state index contributed by atoms with van der Waals surface area (Å²) in [4.78, 5) is 10.7. The second kappa shape index (κ2) is 5.15. The fourth-order valence-electron chi connectivity index (χ4n) is 1.55. The van der Waals surface area contributed by atoms with Crippen LogP contribution in [-0.2, 0) is 5.33 Å². The first-order valence-corrected chi connectivity index (χ1v) is 6.86. The highest BCUT2D eigenvalue weighted by Crippen LogP contribution is 2.31. The third-order valence-electron chi connectivity index (χ3n) is 2.29. The standard InChI is InChI=1S/C10H8Br2N4O2/c1-6-2-8(12)10(9(3-6)16(17)18)15-5-7(4-11)13-14-15/h2-3,5H,4H2,1H3. The van der Waals surface area contributed by atoms with Crippen molar-refractivity contribution >= 4 is 37.5 Å². The number of aryl methyl sites for hydroxylation is 1. The van der Waals surface area contributed by atoms with E-state index in [9.17, 15) is 10.1 Å². The zero-order valence-electron chi connectivity index (χ0n) is 9.30. The predicted octanol–water partition coefficient (Wildman–Crippen LogP) is 3.14. The fourth-order valence-corrected chi connectivity index (χ4v) is 2.55. The van der Waals surface area contributed by atoms with Crippen LogP contribution < -0.4 is 0 Å². The van der Waals surface area contributed by atoms with Gasteiger partial charge in [0.25, 0.3) is 5.69 Å². The van der Waals surface area contributed by atoms with Gasteiger partial charge in [-0.25, -0.2) is 4.68 Å². The minimum atomic E-state index is -0.428. The van der Waals surface area contributed by atoms with Gasteiger partial charge in [-0.3, -0.25) is 10.1 Å². The molecule has 1 aromatic heterocycles. The Morgan fingerprint density at radius 1 is 1.50 bits per heavy atom. The van der Waals surface area contributed by atoms with E-state index >= 15 is 0 Å². The number of hydrogen-bond donors (Lipinski definition) is 0. The lowest BCUT2D eigenvalue weighted by molar-refractivity contribution is -0.384. The number of benzene rings is 1. The van der Waals surface area contributed by atoms with E-state index in [1.165, 1.54) is 10.7 Å². The third kappa shape index (κ3) is 2.44. The average molecular weight is 376 g/mol. The molecule has 0 spiro atoms. The van der Waals surface area contributed by atoms with E-state index in [1.807, 2.05) is 0 Å². The lowest BCUT2D eigenvalue weighted by Gasteiger charge is -2.06. The monoisotopic (exact) mass is 374 g/mol. The summed E-state index contributed by atoms with van der Waals surface area (Å²) < 4.78 is 2.01. The Bertz CT molecular complexity index is 612. The highest BCUT2D eigenvalue weighted by molar-refractivity contribution is 9.10. The van der Waals surface area contributed by atoms with E-state index in [0.717, 1.165) is 5.56 Å². The Hall–Kier alpha value is -1.28. The van der Waals surface area contributed by atoms with E-state index in [4.69, 9.17) is 0 Å². The largest absolute Gasteiger partial charge is 0.296 e. The molecule has 1 aromatic carbocycles. The van der Waals surface area contributed by atoms with Crippen LogP contribution in [0.15, 0.2) is 22.8 Å². The van der Waals surface area contributed by atoms with Crippen LogP contribution in [0.5, 0.6) is 0 Å². The molecule has 0 aliphatic carbocycles. The van der Waals surface area contributed by atoms with E-state index < -0.39 is 4.92 Å². The number of aromatic nitrogens is 3. The summed E-state index contributed by atoms with van der Waals surface area (Å²) in [5.41, 5.74) is 1.88. The molecular weight excluding hydrogens is 368 g/mol. The maximum Gasteiger partial charge on any atom is 0.296 e. The normalized spacial score (nSPS) is 10.6. The molecule has 0 fully saturated rings. The number of nitro groups is 1. The topological polar surface area (TPSA) is 73.8 Å². The molecule has 18 heavy (non-hydrogen) atoms. The van der Waals surface area contributed by atoms with Crippen molar-refractivity contribution in [2.45, 2.75) is 12.3 Å². The fraction of sp³-hybridized carbons (Fsp3) is 0.200. The molecule has 0 N–H and O–H groups in total. The van der Waals surface area contributed by atoms with E-state index in [-0.39, 0.29) is 5.69 Å². The van der Waals surface area contributed by atoms with Crippen LogP contribution in [0.25, 0.3) is 5.69 Å². The molecule has 0 aliphatic heterocycles. The van der Waals surface area contributed by atoms with Crippen LogP contribution in [0, 0.1) is 17.0 Å². The maximum atomic E-state index is 11.1. The summed E-state index contributed by atoms with van der Waals surface area (Å²) in [6, 6.07) is 3.31. The summed E-state index contributed by atoms with van der Waals surface area (Å²) >= 11 is 6.59. The van der Waals surface area contributed by atoms with Crippen LogP contribution in [0.2, 0.25) is 0 Å². The van der Waals surface area contributed by atoms with Gasteiger partial charge in [0.15, 0.2) is 5.69 Å². The third-order valence-corrected chi connectivity index (χ3v) is 3.47. The predicted molar refractivity (Wildman–Crippen MR) is 73.1 cm³/mol. The molecule has 0 aliphatic rings. The van der Waals surface area contributed by atoms with Crippen molar-refractivity contribution in [1.82, 2.24) is 15.0 Å². The number of nitrogens with zero attached hydrogens (tertiary/aromatic N) is 4. The highest BCUT2D eigenvalue weighted by atomic mass is 79.9. The minimum Gasteiger partial charge on any atom is -0.258 e.